The molecule has 2 aromatic heterocycles. The predicted molar refractivity (Wildman–Crippen MR) is 75.3 cm³/mol. The predicted octanol–water partition coefficient (Wildman–Crippen LogP) is 1.84. The second-order valence-corrected chi connectivity index (χ2v) is 6.08. The molecule has 0 fully saturated rings. The van der Waals surface area contributed by atoms with Crippen molar-refractivity contribution in [3.8, 4) is 5.88 Å². The Kier molecular flexibility index (Phi) is 3.36. The van der Waals surface area contributed by atoms with Crippen molar-refractivity contribution in [2.45, 2.75) is 33.7 Å². The quantitative estimate of drug-likeness (QED) is 0.881. The number of aromatic hydroxyl groups is 1. The lowest BCUT2D eigenvalue weighted by Crippen LogP contribution is -2.33. The Hall–Kier alpha value is -1.82. The largest absolute Gasteiger partial charge is 0.494 e. The fourth-order valence-electron chi connectivity index (χ4n) is 2.19. The van der Waals surface area contributed by atoms with Gasteiger partial charge in [-0.05, 0) is 39.3 Å². The van der Waals surface area contributed by atoms with Crippen molar-refractivity contribution in [3.05, 3.63) is 47.8 Å². The molecule has 6 heteroatoms. The van der Waals surface area contributed by atoms with Crippen LogP contribution in [0.15, 0.2) is 15.7 Å². The summed E-state index contributed by atoms with van der Waals surface area (Å²) < 4.78 is 1.21. The first-order valence-electron chi connectivity index (χ1n) is 5.94. The van der Waals surface area contributed by atoms with E-state index >= 15 is 0 Å². The number of thiophene rings is 1. The van der Waals surface area contributed by atoms with Gasteiger partial charge < -0.3 is 5.11 Å². The molecule has 1 unspecified atom stereocenters. The van der Waals surface area contributed by atoms with Crippen molar-refractivity contribution in [2.75, 3.05) is 0 Å². The van der Waals surface area contributed by atoms with Crippen LogP contribution in [-0.4, -0.2) is 14.7 Å². The third kappa shape index (κ3) is 2.23. The van der Waals surface area contributed by atoms with Crippen molar-refractivity contribution in [3.63, 3.8) is 0 Å². The smallest absolute Gasteiger partial charge is 0.331 e. The standard InChI is InChI=1S/C13H16N2O3S/c1-6-5-10(9(4)19-6)8(3)15-12(17)7(2)11(16)14-13(15)18/h5,8,17H,1-4H3,(H,14,16,18). The van der Waals surface area contributed by atoms with Gasteiger partial charge >= 0.3 is 5.69 Å². The van der Waals surface area contributed by atoms with Crippen LogP contribution in [0.25, 0.3) is 0 Å². The number of hydrogen-bond donors (Lipinski definition) is 2. The monoisotopic (exact) mass is 280 g/mol. The molecule has 1 atom stereocenters. The molecule has 2 aromatic rings. The molecule has 0 spiro atoms. The minimum absolute atomic E-state index is 0.149. The van der Waals surface area contributed by atoms with E-state index in [1.54, 1.807) is 11.3 Å². The molecule has 2 heterocycles. The minimum atomic E-state index is -0.594. The highest BCUT2D eigenvalue weighted by Gasteiger charge is 2.19. The van der Waals surface area contributed by atoms with Crippen LogP contribution in [0, 0.1) is 20.8 Å². The molecule has 0 aliphatic rings. The molecule has 0 saturated carbocycles. The molecule has 0 aromatic carbocycles. The van der Waals surface area contributed by atoms with Crippen molar-refractivity contribution < 1.29 is 5.11 Å². The highest BCUT2D eigenvalue weighted by molar-refractivity contribution is 7.12. The Morgan fingerprint density at radius 2 is 1.95 bits per heavy atom. The molecule has 0 bridgehead atoms. The summed E-state index contributed by atoms with van der Waals surface area (Å²) in [6.07, 6.45) is 0. The molecule has 19 heavy (non-hydrogen) atoms. The van der Waals surface area contributed by atoms with E-state index in [9.17, 15) is 14.7 Å². The summed E-state index contributed by atoms with van der Waals surface area (Å²) in [5.41, 5.74) is -0.0181. The van der Waals surface area contributed by atoms with E-state index in [4.69, 9.17) is 0 Å². The van der Waals surface area contributed by atoms with E-state index in [0.717, 1.165) is 15.3 Å². The van der Waals surface area contributed by atoms with Gasteiger partial charge in [-0.3, -0.25) is 14.3 Å². The van der Waals surface area contributed by atoms with Crippen LogP contribution < -0.4 is 11.2 Å². The zero-order chi connectivity index (χ0) is 14.3. The van der Waals surface area contributed by atoms with E-state index in [1.807, 2.05) is 26.8 Å². The van der Waals surface area contributed by atoms with Gasteiger partial charge in [-0.15, -0.1) is 11.3 Å². The van der Waals surface area contributed by atoms with Gasteiger partial charge in [0.25, 0.3) is 5.56 Å². The van der Waals surface area contributed by atoms with Crippen molar-refractivity contribution in [2.24, 2.45) is 0 Å². The van der Waals surface area contributed by atoms with Gasteiger partial charge in [-0.25, -0.2) is 4.79 Å². The fraction of sp³-hybridized carbons (Fsp3) is 0.385. The van der Waals surface area contributed by atoms with Crippen LogP contribution in [-0.2, 0) is 0 Å². The van der Waals surface area contributed by atoms with E-state index in [-0.39, 0.29) is 17.5 Å². The zero-order valence-electron chi connectivity index (χ0n) is 11.3. The van der Waals surface area contributed by atoms with E-state index in [0.29, 0.717) is 0 Å². The van der Waals surface area contributed by atoms with E-state index in [2.05, 4.69) is 4.98 Å². The molecule has 5 nitrogen and oxygen atoms in total. The molecule has 0 amide bonds. The van der Waals surface area contributed by atoms with Crippen LogP contribution in [0.2, 0.25) is 0 Å². The summed E-state index contributed by atoms with van der Waals surface area (Å²) in [6, 6.07) is 1.67. The summed E-state index contributed by atoms with van der Waals surface area (Å²) in [6.45, 7) is 7.29. The third-order valence-electron chi connectivity index (χ3n) is 3.26. The SMILES string of the molecule is Cc1cc(C(C)n2c(O)c(C)c(=O)[nH]c2=O)c(C)s1. The Bertz CT molecular complexity index is 739. The Balaban J connectivity index is 2.66. The summed E-state index contributed by atoms with van der Waals surface area (Å²) in [7, 11) is 0. The normalized spacial score (nSPS) is 12.6. The summed E-state index contributed by atoms with van der Waals surface area (Å²) in [5.74, 6) is -0.274. The summed E-state index contributed by atoms with van der Waals surface area (Å²) >= 11 is 1.64. The van der Waals surface area contributed by atoms with Crippen LogP contribution in [0.1, 0.15) is 33.8 Å². The number of rotatable bonds is 2. The number of hydrogen-bond acceptors (Lipinski definition) is 4. The van der Waals surface area contributed by atoms with Gasteiger partial charge in [0, 0.05) is 9.75 Å². The Morgan fingerprint density at radius 1 is 1.32 bits per heavy atom. The fourth-order valence-corrected chi connectivity index (χ4v) is 3.21. The molecular formula is C13H16N2O3S. The third-order valence-corrected chi connectivity index (χ3v) is 4.24. The van der Waals surface area contributed by atoms with Gasteiger partial charge in [0.2, 0.25) is 5.88 Å². The lowest BCUT2D eigenvalue weighted by Gasteiger charge is -2.17. The van der Waals surface area contributed by atoms with Gasteiger partial charge in [0.1, 0.15) is 0 Å². The average Bonchev–Trinajstić information content (AvgIpc) is 2.65. The average molecular weight is 280 g/mol. The van der Waals surface area contributed by atoms with Crippen molar-refractivity contribution in [1.82, 2.24) is 9.55 Å². The molecule has 0 saturated heterocycles. The molecule has 2 rings (SSSR count). The van der Waals surface area contributed by atoms with Gasteiger partial charge in [-0.2, -0.15) is 0 Å². The second kappa shape index (κ2) is 4.70. The van der Waals surface area contributed by atoms with Crippen LogP contribution in [0.5, 0.6) is 5.88 Å². The lowest BCUT2D eigenvalue weighted by molar-refractivity contribution is 0.384. The number of nitrogens with one attached hydrogen (secondary N) is 1. The topological polar surface area (TPSA) is 75.1 Å². The first-order chi connectivity index (χ1) is 8.82. The number of nitrogens with zero attached hydrogens (tertiary/aromatic N) is 1. The summed E-state index contributed by atoms with van der Waals surface area (Å²) in [4.78, 5) is 27.8. The molecule has 0 aliphatic heterocycles. The molecule has 0 aliphatic carbocycles. The molecular weight excluding hydrogens is 264 g/mol. The molecule has 0 radical (unpaired) electrons. The number of H-pyrrole nitrogens is 1. The minimum Gasteiger partial charge on any atom is -0.494 e. The van der Waals surface area contributed by atoms with Gasteiger partial charge in [0.15, 0.2) is 0 Å². The Morgan fingerprint density at radius 3 is 2.47 bits per heavy atom. The number of aromatic nitrogens is 2. The van der Waals surface area contributed by atoms with Crippen LogP contribution >= 0.6 is 11.3 Å². The highest BCUT2D eigenvalue weighted by Crippen LogP contribution is 2.29. The molecule has 2 N–H and O–H groups in total. The first kappa shape index (κ1) is 13.6. The Labute approximate surface area is 114 Å². The second-order valence-electron chi connectivity index (χ2n) is 4.62. The van der Waals surface area contributed by atoms with E-state index < -0.39 is 11.2 Å². The van der Waals surface area contributed by atoms with E-state index in [1.165, 1.54) is 11.5 Å². The zero-order valence-corrected chi connectivity index (χ0v) is 12.1. The maximum Gasteiger partial charge on any atom is 0.331 e. The summed E-state index contributed by atoms with van der Waals surface area (Å²) in [5, 5.41) is 10.0. The molecule has 102 valence electrons. The number of aromatic amines is 1. The van der Waals surface area contributed by atoms with Crippen molar-refractivity contribution >= 4 is 11.3 Å². The van der Waals surface area contributed by atoms with Crippen LogP contribution in [0.4, 0.5) is 0 Å². The number of aryl methyl sites for hydroxylation is 2. The van der Waals surface area contributed by atoms with Crippen molar-refractivity contribution in [1.29, 1.82) is 0 Å². The van der Waals surface area contributed by atoms with Gasteiger partial charge in [-0.1, -0.05) is 0 Å². The maximum absolute atomic E-state index is 11.9. The maximum atomic E-state index is 11.9. The van der Waals surface area contributed by atoms with Crippen LogP contribution in [0.3, 0.4) is 0 Å². The highest BCUT2D eigenvalue weighted by atomic mass is 32.1. The van der Waals surface area contributed by atoms with Gasteiger partial charge in [0.05, 0.1) is 11.6 Å². The first-order valence-corrected chi connectivity index (χ1v) is 6.76. The lowest BCUT2D eigenvalue weighted by atomic mass is 10.1.